The van der Waals surface area contributed by atoms with E-state index in [1.54, 1.807) is 18.3 Å². The molecule has 2 nitrogen and oxygen atoms in total. The largest absolute Gasteiger partial charge is 0.362 e. The van der Waals surface area contributed by atoms with Crippen molar-refractivity contribution < 1.29 is 4.79 Å². The third-order valence-corrected chi connectivity index (χ3v) is 3.12. The Kier molecular flexibility index (Phi) is 4.37. The molecule has 2 aromatic rings. The van der Waals surface area contributed by atoms with Gasteiger partial charge in [-0.3, -0.25) is 4.79 Å². The first-order chi connectivity index (χ1) is 9.16. The number of carbonyl (C=O) groups excluding carboxylic acids is 1. The first-order valence-electron chi connectivity index (χ1n) is 5.95. The third kappa shape index (κ3) is 3.70. The molecule has 0 unspecified atom stereocenters. The fourth-order valence-electron chi connectivity index (χ4n) is 1.59. The van der Waals surface area contributed by atoms with Gasteiger partial charge < -0.3 is 5.32 Å². The number of anilines is 1. The summed E-state index contributed by atoms with van der Waals surface area (Å²) < 4.78 is 0. The van der Waals surface area contributed by atoms with Crippen LogP contribution in [0, 0.1) is 6.92 Å². The summed E-state index contributed by atoms with van der Waals surface area (Å²) in [5, 5.41) is 3.73. The molecule has 0 saturated heterocycles. The summed E-state index contributed by atoms with van der Waals surface area (Å²) in [5.41, 5.74) is 2.55. The number of allylic oxidation sites excluding steroid dienone is 1. The number of hydrogen-bond donors (Lipinski definition) is 1. The van der Waals surface area contributed by atoms with Crippen LogP contribution in [0.25, 0.3) is 0 Å². The van der Waals surface area contributed by atoms with E-state index in [1.165, 1.54) is 6.08 Å². The molecule has 0 aliphatic rings. The quantitative estimate of drug-likeness (QED) is 0.657. The summed E-state index contributed by atoms with van der Waals surface area (Å²) in [5.74, 6) is -0.0358. The number of benzene rings is 2. The molecule has 0 saturated carbocycles. The standard InChI is InChI=1S/C16H14ClNO/c1-12-7-8-14(11-15(12)17)18-10-9-16(19)13-5-3-2-4-6-13/h2-11,18H,1H3/b10-9-. The number of ketones is 1. The van der Waals surface area contributed by atoms with Crippen LogP contribution in [0.15, 0.2) is 60.8 Å². The van der Waals surface area contributed by atoms with Gasteiger partial charge in [-0.05, 0) is 24.6 Å². The van der Waals surface area contributed by atoms with Crippen molar-refractivity contribution >= 4 is 23.1 Å². The summed E-state index contributed by atoms with van der Waals surface area (Å²) in [6.07, 6.45) is 3.12. The molecule has 0 bridgehead atoms. The summed E-state index contributed by atoms with van der Waals surface area (Å²) >= 11 is 6.02. The highest BCUT2D eigenvalue weighted by Crippen LogP contribution is 2.19. The molecule has 0 atom stereocenters. The van der Waals surface area contributed by atoms with E-state index in [9.17, 15) is 4.79 Å². The Labute approximate surface area is 117 Å². The maximum atomic E-state index is 11.8. The SMILES string of the molecule is Cc1ccc(N/C=C\C(=O)c2ccccc2)cc1Cl. The lowest BCUT2D eigenvalue weighted by molar-refractivity contribution is 0.104. The molecule has 0 aliphatic heterocycles. The summed E-state index contributed by atoms with van der Waals surface area (Å²) in [7, 11) is 0. The van der Waals surface area contributed by atoms with E-state index < -0.39 is 0 Å². The second-order valence-corrected chi connectivity index (χ2v) is 4.58. The van der Waals surface area contributed by atoms with Crippen molar-refractivity contribution in [2.24, 2.45) is 0 Å². The number of halogens is 1. The number of carbonyl (C=O) groups is 1. The zero-order chi connectivity index (χ0) is 13.7. The first-order valence-corrected chi connectivity index (χ1v) is 6.33. The Morgan fingerprint density at radius 2 is 1.89 bits per heavy atom. The van der Waals surface area contributed by atoms with Crippen molar-refractivity contribution in [2.75, 3.05) is 5.32 Å². The lowest BCUT2D eigenvalue weighted by Gasteiger charge is -2.03. The molecule has 0 heterocycles. The maximum absolute atomic E-state index is 11.8. The Bertz CT molecular complexity index is 605. The predicted octanol–water partition coefficient (Wildman–Crippen LogP) is 4.46. The second kappa shape index (κ2) is 6.21. The van der Waals surface area contributed by atoms with Gasteiger partial charge in [-0.25, -0.2) is 0 Å². The molecule has 2 rings (SSSR count). The van der Waals surface area contributed by atoms with E-state index in [0.717, 1.165) is 11.3 Å². The van der Waals surface area contributed by atoms with Gasteiger partial charge in [0.05, 0.1) is 0 Å². The molecule has 0 aliphatic carbocycles. The van der Waals surface area contributed by atoms with Crippen molar-refractivity contribution in [3.63, 3.8) is 0 Å². The lowest BCUT2D eigenvalue weighted by atomic mass is 10.1. The van der Waals surface area contributed by atoms with Crippen LogP contribution in [-0.4, -0.2) is 5.78 Å². The van der Waals surface area contributed by atoms with E-state index >= 15 is 0 Å². The topological polar surface area (TPSA) is 29.1 Å². The monoisotopic (exact) mass is 271 g/mol. The molecular formula is C16H14ClNO. The van der Waals surface area contributed by atoms with Gasteiger partial charge in [0, 0.05) is 28.5 Å². The normalized spacial score (nSPS) is 10.6. The minimum atomic E-state index is -0.0358. The zero-order valence-corrected chi connectivity index (χ0v) is 11.3. The minimum absolute atomic E-state index is 0.0358. The van der Waals surface area contributed by atoms with Crippen molar-refractivity contribution in [1.82, 2.24) is 0 Å². The molecule has 0 aromatic heterocycles. The molecule has 0 fully saturated rings. The maximum Gasteiger partial charge on any atom is 0.187 e. The fourth-order valence-corrected chi connectivity index (χ4v) is 1.78. The molecule has 2 aromatic carbocycles. The van der Waals surface area contributed by atoms with E-state index in [2.05, 4.69) is 5.32 Å². The van der Waals surface area contributed by atoms with Crippen molar-refractivity contribution in [3.05, 3.63) is 77.0 Å². The lowest BCUT2D eigenvalue weighted by Crippen LogP contribution is -1.95. The average molecular weight is 272 g/mol. The minimum Gasteiger partial charge on any atom is -0.362 e. The highest BCUT2D eigenvalue weighted by molar-refractivity contribution is 6.31. The molecule has 1 N–H and O–H groups in total. The number of hydrogen-bond acceptors (Lipinski definition) is 2. The Balaban J connectivity index is 2.00. The van der Waals surface area contributed by atoms with Gasteiger partial charge in [0.1, 0.15) is 0 Å². The van der Waals surface area contributed by atoms with E-state index in [-0.39, 0.29) is 5.78 Å². The van der Waals surface area contributed by atoms with E-state index in [4.69, 9.17) is 11.6 Å². The summed E-state index contributed by atoms with van der Waals surface area (Å²) in [4.78, 5) is 11.8. The Hall–Kier alpha value is -2.06. The number of nitrogens with one attached hydrogen (secondary N) is 1. The highest BCUT2D eigenvalue weighted by Gasteiger charge is 1.99. The Morgan fingerprint density at radius 1 is 1.16 bits per heavy atom. The van der Waals surface area contributed by atoms with Crippen molar-refractivity contribution in [2.45, 2.75) is 6.92 Å². The van der Waals surface area contributed by atoms with Gasteiger partial charge in [0.25, 0.3) is 0 Å². The van der Waals surface area contributed by atoms with Crippen LogP contribution in [0.1, 0.15) is 15.9 Å². The van der Waals surface area contributed by atoms with E-state index in [0.29, 0.717) is 10.6 Å². The van der Waals surface area contributed by atoms with Gasteiger partial charge in [-0.15, -0.1) is 0 Å². The van der Waals surface area contributed by atoms with Gasteiger partial charge >= 0.3 is 0 Å². The molecule has 0 radical (unpaired) electrons. The van der Waals surface area contributed by atoms with Gasteiger partial charge in [-0.1, -0.05) is 48.0 Å². The smallest absolute Gasteiger partial charge is 0.187 e. The number of rotatable bonds is 4. The van der Waals surface area contributed by atoms with Crippen LogP contribution in [-0.2, 0) is 0 Å². The van der Waals surface area contributed by atoms with E-state index in [1.807, 2.05) is 43.3 Å². The van der Waals surface area contributed by atoms with Crippen LogP contribution in [0.4, 0.5) is 5.69 Å². The van der Waals surface area contributed by atoms with Crippen LogP contribution >= 0.6 is 11.6 Å². The first kappa shape index (κ1) is 13.4. The van der Waals surface area contributed by atoms with Gasteiger partial charge in [0.15, 0.2) is 5.78 Å². The summed E-state index contributed by atoms with van der Waals surface area (Å²) in [6, 6.07) is 14.8. The molecule has 19 heavy (non-hydrogen) atoms. The molecule has 0 amide bonds. The van der Waals surface area contributed by atoms with Crippen LogP contribution in [0.3, 0.4) is 0 Å². The van der Waals surface area contributed by atoms with Crippen LogP contribution in [0.5, 0.6) is 0 Å². The summed E-state index contributed by atoms with van der Waals surface area (Å²) in [6.45, 7) is 1.95. The number of aryl methyl sites for hydroxylation is 1. The fraction of sp³-hybridized carbons (Fsp3) is 0.0625. The van der Waals surface area contributed by atoms with Crippen molar-refractivity contribution in [3.8, 4) is 0 Å². The van der Waals surface area contributed by atoms with Gasteiger partial charge in [-0.2, -0.15) is 0 Å². The van der Waals surface area contributed by atoms with Gasteiger partial charge in [0.2, 0.25) is 0 Å². The molecular weight excluding hydrogens is 258 g/mol. The zero-order valence-electron chi connectivity index (χ0n) is 10.6. The molecule has 3 heteroatoms. The van der Waals surface area contributed by atoms with Crippen molar-refractivity contribution in [1.29, 1.82) is 0 Å². The predicted molar refractivity (Wildman–Crippen MR) is 79.7 cm³/mol. The van der Waals surface area contributed by atoms with Crippen LogP contribution in [0.2, 0.25) is 5.02 Å². The molecule has 96 valence electrons. The van der Waals surface area contributed by atoms with Crippen LogP contribution < -0.4 is 5.32 Å². The highest BCUT2D eigenvalue weighted by atomic mass is 35.5. The Morgan fingerprint density at radius 3 is 2.58 bits per heavy atom. The third-order valence-electron chi connectivity index (χ3n) is 2.71. The second-order valence-electron chi connectivity index (χ2n) is 4.17. The average Bonchev–Trinajstić information content (AvgIpc) is 2.43. The molecule has 0 spiro atoms.